The molecule has 1 nitrogen and oxygen atoms in total. The van der Waals surface area contributed by atoms with E-state index < -0.39 is 11.6 Å². The average molecular weight is 332 g/mol. The van der Waals surface area contributed by atoms with Gasteiger partial charge in [-0.25, -0.2) is 8.78 Å². The first-order chi connectivity index (χ1) is 9.11. The Labute approximate surface area is 121 Å². The van der Waals surface area contributed by atoms with E-state index in [1.165, 1.54) is 31.4 Å². The number of rotatable bonds is 6. The van der Waals surface area contributed by atoms with E-state index in [-0.39, 0.29) is 11.6 Å². The Kier molecular flexibility index (Phi) is 5.34. The molecule has 0 heterocycles. The minimum Gasteiger partial charge on any atom is -0.314 e. The van der Waals surface area contributed by atoms with Crippen LogP contribution in [-0.4, -0.2) is 12.6 Å². The Morgan fingerprint density at radius 3 is 2.68 bits per heavy atom. The van der Waals surface area contributed by atoms with Crippen molar-refractivity contribution in [3.63, 3.8) is 0 Å². The molecule has 4 heteroatoms. The number of halogens is 3. The number of benzene rings is 1. The van der Waals surface area contributed by atoms with Gasteiger partial charge in [0.1, 0.15) is 11.6 Å². The molecule has 0 amide bonds. The van der Waals surface area contributed by atoms with Crippen LogP contribution in [0.2, 0.25) is 0 Å². The summed E-state index contributed by atoms with van der Waals surface area (Å²) in [6.07, 6.45) is 5.24. The van der Waals surface area contributed by atoms with Crippen LogP contribution in [0.5, 0.6) is 0 Å². The summed E-state index contributed by atoms with van der Waals surface area (Å²) in [4.78, 5) is 0. The Hall–Kier alpha value is -0.480. The lowest BCUT2D eigenvalue weighted by Crippen LogP contribution is -2.35. The zero-order valence-corrected chi connectivity index (χ0v) is 12.8. The third kappa shape index (κ3) is 3.76. The highest BCUT2D eigenvalue weighted by molar-refractivity contribution is 9.10. The monoisotopic (exact) mass is 331 g/mol. The van der Waals surface area contributed by atoms with Crippen LogP contribution >= 0.6 is 15.9 Å². The second-order valence-electron chi connectivity index (χ2n) is 5.31. The van der Waals surface area contributed by atoms with Crippen LogP contribution in [0.1, 0.15) is 38.2 Å². The van der Waals surface area contributed by atoms with Gasteiger partial charge < -0.3 is 5.32 Å². The predicted octanol–water partition coefficient (Wildman–Crippen LogP) is 4.44. The van der Waals surface area contributed by atoms with E-state index in [9.17, 15) is 8.78 Å². The number of likely N-dealkylation sites (N-methyl/N-ethyl adjacent to an activating group) is 1. The first kappa shape index (κ1) is 14.9. The second kappa shape index (κ2) is 6.80. The van der Waals surface area contributed by atoms with Gasteiger partial charge in [-0.3, -0.25) is 0 Å². The summed E-state index contributed by atoms with van der Waals surface area (Å²) in [6.45, 7) is 2.86. The van der Waals surface area contributed by atoms with Gasteiger partial charge in [-0.05, 0) is 53.4 Å². The molecule has 0 bridgehead atoms. The summed E-state index contributed by atoms with van der Waals surface area (Å²) in [6, 6.07) is 2.91. The van der Waals surface area contributed by atoms with Crippen molar-refractivity contribution in [2.45, 2.75) is 45.1 Å². The van der Waals surface area contributed by atoms with Gasteiger partial charge in [-0.15, -0.1) is 0 Å². The highest BCUT2D eigenvalue weighted by atomic mass is 79.9. The van der Waals surface area contributed by atoms with E-state index in [0.717, 1.165) is 18.9 Å². The lowest BCUT2D eigenvalue weighted by atomic mass is 9.80. The fraction of sp³-hybridized carbons (Fsp3) is 0.600. The average Bonchev–Trinajstić information content (AvgIpc) is 2.34. The molecule has 0 radical (unpaired) electrons. The van der Waals surface area contributed by atoms with Crippen LogP contribution < -0.4 is 5.32 Å². The Morgan fingerprint density at radius 1 is 1.37 bits per heavy atom. The summed E-state index contributed by atoms with van der Waals surface area (Å²) in [7, 11) is 0. The van der Waals surface area contributed by atoms with Gasteiger partial charge in [0.05, 0.1) is 4.47 Å². The summed E-state index contributed by atoms with van der Waals surface area (Å²) >= 11 is 3.12. The van der Waals surface area contributed by atoms with Crippen molar-refractivity contribution >= 4 is 15.9 Å². The number of hydrogen-bond acceptors (Lipinski definition) is 1. The van der Waals surface area contributed by atoms with Crippen LogP contribution in [0.3, 0.4) is 0 Å². The third-order valence-corrected chi connectivity index (χ3v) is 4.54. The first-order valence-corrected chi connectivity index (χ1v) is 7.76. The highest BCUT2D eigenvalue weighted by Gasteiger charge is 2.24. The van der Waals surface area contributed by atoms with Crippen molar-refractivity contribution in [1.29, 1.82) is 0 Å². The zero-order valence-electron chi connectivity index (χ0n) is 11.2. The van der Waals surface area contributed by atoms with Gasteiger partial charge in [0.2, 0.25) is 0 Å². The van der Waals surface area contributed by atoms with Crippen LogP contribution in [0.4, 0.5) is 8.78 Å². The van der Waals surface area contributed by atoms with E-state index in [0.29, 0.717) is 10.9 Å². The highest BCUT2D eigenvalue weighted by Crippen LogP contribution is 2.32. The fourth-order valence-corrected chi connectivity index (χ4v) is 3.03. The number of nitrogens with one attached hydrogen (secondary N) is 1. The topological polar surface area (TPSA) is 12.0 Å². The van der Waals surface area contributed by atoms with Gasteiger partial charge in [0.25, 0.3) is 0 Å². The van der Waals surface area contributed by atoms with Gasteiger partial charge >= 0.3 is 0 Å². The molecule has 2 rings (SSSR count). The summed E-state index contributed by atoms with van der Waals surface area (Å²) < 4.78 is 28.1. The van der Waals surface area contributed by atoms with Crippen molar-refractivity contribution in [2.24, 2.45) is 5.92 Å². The van der Waals surface area contributed by atoms with Gasteiger partial charge in [-0.2, -0.15) is 0 Å². The minimum atomic E-state index is -0.462. The van der Waals surface area contributed by atoms with Crippen LogP contribution in [-0.2, 0) is 6.42 Å². The zero-order chi connectivity index (χ0) is 13.8. The second-order valence-corrected chi connectivity index (χ2v) is 6.17. The molecule has 1 unspecified atom stereocenters. The molecule has 1 aromatic rings. The summed E-state index contributed by atoms with van der Waals surface area (Å²) in [5, 5.41) is 3.36. The van der Waals surface area contributed by atoms with E-state index in [4.69, 9.17) is 0 Å². The first-order valence-electron chi connectivity index (χ1n) is 6.97. The van der Waals surface area contributed by atoms with E-state index in [2.05, 4.69) is 21.2 Å². The maximum atomic E-state index is 14.0. The molecule has 1 N–H and O–H groups in total. The van der Waals surface area contributed by atoms with E-state index in [1.54, 1.807) is 0 Å². The Balaban J connectivity index is 2.09. The normalized spacial score (nSPS) is 17.3. The van der Waals surface area contributed by atoms with Crippen molar-refractivity contribution in [2.75, 3.05) is 6.54 Å². The van der Waals surface area contributed by atoms with E-state index in [1.807, 2.05) is 6.92 Å². The molecule has 0 aromatic heterocycles. The van der Waals surface area contributed by atoms with Crippen molar-refractivity contribution < 1.29 is 8.78 Å². The predicted molar refractivity (Wildman–Crippen MR) is 77.2 cm³/mol. The molecular formula is C15H20BrF2N. The standard InChI is InChI=1S/C15H20BrF2N/c1-2-19-11(8-10-4-3-5-10)9-12-14(17)7-6-13(16)15(12)18/h6-7,10-11,19H,2-5,8-9H2,1H3. The molecule has 106 valence electrons. The molecule has 1 saturated carbocycles. The molecule has 1 fully saturated rings. The molecule has 1 aromatic carbocycles. The van der Waals surface area contributed by atoms with Crippen molar-refractivity contribution in [1.82, 2.24) is 5.32 Å². The number of hydrogen-bond donors (Lipinski definition) is 1. The van der Waals surface area contributed by atoms with Crippen LogP contribution in [0.15, 0.2) is 16.6 Å². The Bertz CT molecular complexity index is 432. The molecule has 0 aliphatic heterocycles. The minimum absolute atomic E-state index is 0.161. The lowest BCUT2D eigenvalue weighted by molar-refractivity contribution is 0.258. The molecule has 0 spiro atoms. The SMILES string of the molecule is CCNC(Cc1c(F)ccc(Br)c1F)CC1CCC1. The Morgan fingerprint density at radius 2 is 2.11 bits per heavy atom. The summed E-state index contributed by atoms with van der Waals surface area (Å²) in [5.74, 6) is -0.184. The molecule has 0 saturated heterocycles. The van der Waals surface area contributed by atoms with Crippen LogP contribution in [0, 0.1) is 17.6 Å². The largest absolute Gasteiger partial charge is 0.314 e. The maximum absolute atomic E-state index is 14.0. The quantitative estimate of drug-likeness (QED) is 0.760. The maximum Gasteiger partial charge on any atom is 0.143 e. The van der Waals surface area contributed by atoms with Crippen molar-refractivity contribution in [3.05, 3.63) is 33.8 Å². The van der Waals surface area contributed by atoms with Gasteiger partial charge in [0, 0.05) is 11.6 Å². The van der Waals surface area contributed by atoms with Crippen molar-refractivity contribution in [3.8, 4) is 0 Å². The summed E-state index contributed by atoms with van der Waals surface area (Å²) in [5.41, 5.74) is 0.194. The fourth-order valence-electron chi connectivity index (χ4n) is 2.66. The van der Waals surface area contributed by atoms with Gasteiger partial charge in [-0.1, -0.05) is 26.2 Å². The molecule has 1 aliphatic rings. The van der Waals surface area contributed by atoms with Gasteiger partial charge in [0.15, 0.2) is 0 Å². The van der Waals surface area contributed by atoms with E-state index >= 15 is 0 Å². The molecule has 19 heavy (non-hydrogen) atoms. The molecule has 1 aliphatic carbocycles. The smallest absolute Gasteiger partial charge is 0.143 e. The third-order valence-electron chi connectivity index (χ3n) is 3.92. The van der Waals surface area contributed by atoms with Crippen LogP contribution in [0.25, 0.3) is 0 Å². The molecule has 1 atom stereocenters. The molecular weight excluding hydrogens is 312 g/mol. The lowest BCUT2D eigenvalue weighted by Gasteiger charge is -2.30.